The minimum Gasteiger partial charge on any atom is -0.396 e. The zero-order valence-electron chi connectivity index (χ0n) is 19.4. The van der Waals surface area contributed by atoms with Gasteiger partial charge < -0.3 is 15.3 Å². The third-order valence-electron chi connectivity index (χ3n) is 8.66. The topological polar surface area (TPSA) is 60.7 Å². The number of hydrogen-bond acceptors (Lipinski definition) is 3. The molecule has 3 nitrogen and oxygen atoms in total. The van der Waals surface area contributed by atoms with Crippen molar-refractivity contribution in [1.29, 1.82) is 0 Å². The first-order valence-corrected chi connectivity index (χ1v) is 12.3. The van der Waals surface area contributed by atoms with Crippen molar-refractivity contribution in [3.8, 4) is 0 Å². The molecule has 3 saturated carbocycles. The number of aliphatic hydroxyl groups is 3. The molecule has 170 valence electrons. The fourth-order valence-corrected chi connectivity index (χ4v) is 6.76. The molecule has 0 spiro atoms. The fraction of sp³-hybridized carbons (Fsp3) is 0.778. The highest BCUT2D eigenvalue weighted by Gasteiger charge is 2.50. The predicted molar refractivity (Wildman–Crippen MR) is 124 cm³/mol. The number of fused-ring (bicyclic) bond motifs is 1. The van der Waals surface area contributed by atoms with E-state index in [1.807, 2.05) is 0 Å². The Morgan fingerprint density at radius 2 is 1.93 bits per heavy atom. The molecule has 0 aliphatic heterocycles. The highest BCUT2D eigenvalue weighted by Crippen LogP contribution is 2.59. The van der Waals surface area contributed by atoms with Gasteiger partial charge in [0.15, 0.2) is 0 Å². The monoisotopic (exact) mass is 416 g/mol. The van der Waals surface area contributed by atoms with Crippen LogP contribution in [0.15, 0.2) is 35.5 Å². The summed E-state index contributed by atoms with van der Waals surface area (Å²) in [6.07, 6.45) is 14.4. The van der Waals surface area contributed by atoms with Crippen molar-refractivity contribution in [2.75, 3.05) is 6.61 Å². The molecular weight excluding hydrogens is 372 g/mol. The highest BCUT2D eigenvalue weighted by molar-refractivity contribution is 5.38. The van der Waals surface area contributed by atoms with Gasteiger partial charge in [0.25, 0.3) is 0 Å². The smallest absolute Gasteiger partial charge is 0.0811 e. The van der Waals surface area contributed by atoms with Crippen molar-refractivity contribution >= 4 is 0 Å². The van der Waals surface area contributed by atoms with Crippen LogP contribution in [-0.2, 0) is 0 Å². The van der Waals surface area contributed by atoms with Gasteiger partial charge in [-0.1, -0.05) is 57.9 Å². The van der Waals surface area contributed by atoms with Crippen LogP contribution in [0.4, 0.5) is 0 Å². The van der Waals surface area contributed by atoms with Crippen LogP contribution in [0, 0.1) is 29.1 Å². The lowest BCUT2D eigenvalue weighted by Gasteiger charge is -2.44. The van der Waals surface area contributed by atoms with Gasteiger partial charge in [-0.15, -0.1) is 0 Å². The Kier molecular flexibility index (Phi) is 8.03. The summed E-state index contributed by atoms with van der Waals surface area (Å²) in [5.41, 5.74) is 3.77. The van der Waals surface area contributed by atoms with Gasteiger partial charge in [-0.05, 0) is 85.2 Å². The molecule has 3 aliphatic rings. The zero-order chi connectivity index (χ0) is 21.9. The first kappa shape index (κ1) is 23.8. The Morgan fingerprint density at radius 1 is 1.17 bits per heavy atom. The second-order valence-corrected chi connectivity index (χ2v) is 10.9. The minimum atomic E-state index is -0.611. The Morgan fingerprint density at radius 3 is 2.67 bits per heavy atom. The van der Waals surface area contributed by atoms with E-state index in [1.54, 1.807) is 5.57 Å². The summed E-state index contributed by atoms with van der Waals surface area (Å²) in [7, 11) is 0. The maximum atomic E-state index is 10.1. The maximum Gasteiger partial charge on any atom is 0.0811 e. The lowest BCUT2D eigenvalue weighted by Crippen LogP contribution is -2.36. The Labute approximate surface area is 184 Å². The van der Waals surface area contributed by atoms with Gasteiger partial charge in [-0.3, -0.25) is 0 Å². The molecule has 3 heteroatoms. The van der Waals surface area contributed by atoms with E-state index in [4.69, 9.17) is 0 Å². The quantitative estimate of drug-likeness (QED) is 0.509. The van der Waals surface area contributed by atoms with Crippen molar-refractivity contribution < 1.29 is 15.3 Å². The molecule has 0 bridgehead atoms. The number of rotatable bonds is 7. The third kappa shape index (κ3) is 5.11. The van der Waals surface area contributed by atoms with Gasteiger partial charge in [0.05, 0.1) is 12.2 Å². The average molecular weight is 417 g/mol. The zero-order valence-corrected chi connectivity index (χ0v) is 19.4. The first-order valence-electron chi connectivity index (χ1n) is 12.3. The van der Waals surface area contributed by atoms with Gasteiger partial charge >= 0.3 is 0 Å². The summed E-state index contributed by atoms with van der Waals surface area (Å²) >= 11 is 0. The Bertz CT molecular complexity index is 663. The van der Waals surface area contributed by atoms with E-state index in [0.717, 1.165) is 29.4 Å². The van der Waals surface area contributed by atoms with Gasteiger partial charge in [0.1, 0.15) is 0 Å². The molecule has 7 atom stereocenters. The highest BCUT2D eigenvalue weighted by atomic mass is 16.3. The van der Waals surface area contributed by atoms with Gasteiger partial charge in [-0.25, -0.2) is 0 Å². The van der Waals surface area contributed by atoms with Crippen molar-refractivity contribution in [2.24, 2.45) is 29.1 Å². The average Bonchev–Trinajstić information content (AvgIpc) is 3.06. The molecule has 30 heavy (non-hydrogen) atoms. The van der Waals surface area contributed by atoms with E-state index >= 15 is 0 Å². The van der Waals surface area contributed by atoms with Crippen LogP contribution in [0.5, 0.6) is 0 Å². The molecule has 0 heterocycles. The largest absolute Gasteiger partial charge is 0.396 e. The van der Waals surface area contributed by atoms with E-state index in [-0.39, 0.29) is 0 Å². The van der Waals surface area contributed by atoms with Crippen LogP contribution in [0.2, 0.25) is 0 Å². The summed E-state index contributed by atoms with van der Waals surface area (Å²) in [4.78, 5) is 0. The normalized spacial score (nSPS) is 39.3. The molecular formula is C27H44O3. The molecule has 0 amide bonds. The minimum absolute atomic E-state index is 0.307. The van der Waals surface area contributed by atoms with Crippen LogP contribution in [0.1, 0.15) is 85.0 Å². The summed E-state index contributed by atoms with van der Waals surface area (Å²) in [6.45, 7) is 11.5. The lowest BCUT2D eigenvalue weighted by molar-refractivity contribution is 0.0861. The molecule has 3 aliphatic carbocycles. The lowest BCUT2D eigenvalue weighted by atomic mass is 9.60. The summed E-state index contributed by atoms with van der Waals surface area (Å²) < 4.78 is 0. The SMILES string of the molecule is C=C1/C(=C\C=C2/CCC[C@@]3(C)C2CC[C@@H]3[C@H](C)CCCC(C)CO)C[C@@H](O)CC1O. The Balaban J connectivity index is 1.69. The fourth-order valence-electron chi connectivity index (χ4n) is 6.76. The second-order valence-electron chi connectivity index (χ2n) is 10.9. The van der Waals surface area contributed by atoms with Crippen molar-refractivity contribution in [2.45, 2.75) is 97.2 Å². The molecule has 0 aromatic rings. The Hall–Kier alpha value is -0.900. The molecule has 0 aromatic carbocycles. The maximum absolute atomic E-state index is 10.1. The summed E-state index contributed by atoms with van der Waals surface area (Å²) in [6, 6.07) is 0. The molecule has 3 fully saturated rings. The third-order valence-corrected chi connectivity index (χ3v) is 8.66. The molecule has 0 saturated heterocycles. The standard InChI is InChI=1S/C27H44O3/c1-18(17-28)7-5-8-19(2)24-12-13-25-21(9-6-14-27(24,25)4)10-11-22-15-23(29)16-26(30)20(22)3/h10-11,18-19,23-26,28-30H,3,5-9,12-17H2,1-2,4H3/b21-10+,22-11-/t18?,19-,23-,24-,25?,26?,27-/m1/s1. The summed E-state index contributed by atoms with van der Waals surface area (Å²) in [5.74, 6) is 2.62. The molecule has 3 unspecified atom stereocenters. The number of hydrogen-bond donors (Lipinski definition) is 3. The van der Waals surface area contributed by atoms with Gasteiger partial charge in [0.2, 0.25) is 0 Å². The van der Waals surface area contributed by atoms with Crippen LogP contribution in [0.3, 0.4) is 0 Å². The van der Waals surface area contributed by atoms with Crippen molar-refractivity contribution in [1.82, 2.24) is 0 Å². The van der Waals surface area contributed by atoms with Gasteiger partial charge in [-0.2, -0.15) is 0 Å². The van der Waals surface area contributed by atoms with Crippen molar-refractivity contribution in [3.05, 3.63) is 35.5 Å². The number of allylic oxidation sites excluding steroid dienone is 3. The summed E-state index contributed by atoms with van der Waals surface area (Å²) in [5, 5.41) is 29.4. The molecule has 3 N–H and O–H groups in total. The van der Waals surface area contributed by atoms with E-state index in [9.17, 15) is 15.3 Å². The first-order chi connectivity index (χ1) is 14.3. The van der Waals surface area contributed by atoms with Crippen LogP contribution >= 0.6 is 0 Å². The van der Waals surface area contributed by atoms with E-state index < -0.39 is 12.2 Å². The van der Waals surface area contributed by atoms with Crippen LogP contribution in [-0.4, -0.2) is 34.1 Å². The predicted octanol–water partition coefficient (Wildman–Crippen LogP) is 5.56. The second kappa shape index (κ2) is 10.1. The number of aliphatic hydroxyl groups excluding tert-OH is 3. The van der Waals surface area contributed by atoms with E-state index in [2.05, 4.69) is 39.5 Å². The van der Waals surface area contributed by atoms with Crippen LogP contribution < -0.4 is 0 Å². The van der Waals surface area contributed by atoms with Crippen molar-refractivity contribution in [3.63, 3.8) is 0 Å². The molecule has 3 rings (SSSR count). The molecule has 0 aromatic heterocycles. The molecule has 0 radical (unpaired) electrons. The van der Waals surface area contributed by atoms with Gasteiger partial charge in [0, 0.05) is 13.0 Å². The van der Waals surface area contributed by atoms with E-state index in [0.29, 0.717) is 36.7 Å². The van der Waals surface area contributed by atoms with Crippen LogP contribution in [0.25, 0.3) is 0 Å². The van der Waals surface area contributed by atoms with E-state index in [1.165, 1.54) is 44.9 Å².